The van der Waals surface area contributed by atoms with Crippen LogP contribution in [0.4, 0.5) is 0 Å². The Balaban J connectivity index is 0.00000169. The van der Waals surface area contributed by atoms with E-state index in [1.807, 2.05) is 42.8 Å². The summed E-state index contributed by atoms with van der Waals surface area (Å²) in [5.41, 5.74) is 1.78. The van der Waals surface area contributed by atoms with Crippen molar-refractivity contribution in [1.82, 2.24) is 14.2 Å². The van der Waals surface area contributed by atoms with Gasteiger partial charge >= 0.3 is 0 Å². The molecule has 2 aromatic rings. The number of para-hydroxylation sites is 1. The molecule has 1 N–H and O–H groups in total. The molecule has 3 heterocycles. The summed E-state index contributed by atoms with van der Waals surface area (Å²) in [6, 6.07) is 8.53. The number of aromatic nitrogens is 1. The SMILES string of the molecule is Cc1c(S(=O)(=O)N2CCC3CCC(C2)N3)c2ccccc2n1C.Cl. The van der Waals surface area contributed by atoms with Crippen molar-refractivity contribution < 1.29 is 8.42 Å². The second kappa shape index (κ2) is 6.33. The highest BCUT2D eigenvalue weighted by Gasteiger charge is 2.37. The monoisotopic (exact) mass is 369 g/mol. The van der Waals surface area contributed by atoms with Gasteiger partial charge in [0.25, 0.3) is 0 Å². The van der Waals surface area contributed by atoms with Gasteiger partial charge < -0.3 is 9.88 Å². The lowest BCUT2D eigenvalue weighted by atomic mass is 10.1. The first-order valence-corrected chi connectivity index (χ1v) is 9.72. The topological polar surface area (TPSA) is 54.3 Å². The highest BCUT2D eigenvalue weighted by molar-refractivity contribution is 7.89. The first-order valence-electron chi connectivity index (χ1n) is 8.28. The summed E-state index contributed by atoms with van der Waals surface area (Å²) in [4.78, 5) is 0.480. The molecule has 24 heavy (non-hydrogen) atoms. The van der Waals surface area contributed by atoms with Gasteiger partial charge in [0.1, 0.15) is 4.90 Å². The minimum absolute atomic E-state index is 0. The number of benzene rings is 1. The van der Waals surface area contributed by atoms with E-state index in [1.54, 1.807) is 4.31 Å². The Morgan fingerprint density at radius 2 is 1.83 bits per heavy atom. The number of sulfonamides is 1. The van der Waals surface area contributed by atoms with E-state index in [9.17, 15) is 8.42 Å². The van der Waals surface area contributed by atoms with Gasteiger partial charge in [-0.05, 0) is 32.3 Å². The Morgan fingerprint density at radius 3 is 2.62 bits per heavy atom. The van der Waals surface area contributed by atoms with Crippen LogP contribution in [0.2, 0.25) is 0 Å². The highest BCUT2D eigenvalue weighted by Crippen LogP contribution is 2.33. The van der Waals surface area contributed by atoms with Crippen LogP contribution in [0.1, 0.15) is 25.0 Å². The van der Waals surface area contributed by atoms with E-state index in [2.05, 4.69) is 5.32 Å². The predicted octanol–water partition coefficient (Wildman–Crippen LogP) is 2.42. The average molecular weight is 370 g/mol. The number of hydrogen-bond acceptors (Lipinski definition) is 3. The second-order valence-electron chi connectivity index (χ2n) is 6.78. The number of nitrogens with zero attached hydrogens (tertiary/aromatic N) is 2. The van der Waals surface area contributed by atoms with Crippen LogP contribution in [0.3, 0.4) is 0 Å². The first kappa shape index (κ1) is 17.7. The molecule has 2 bridgehead atoms. The number of halogens is 1. The molecule has 7 heteroatoms. The molecule has 4 rings (SSSR count). The summed E-state index contributed by atoms with van der Waals surface area (Å²) >= 11 is 0. The van der Waals surface area contributed by atoms with Crippen LogP contribution in [0.15, 0.2) is 29.2 Å². The lowest BCUT2D eigenvalue weighted by Gasteiger charge is -2.24. The molecule has 2 atom stereocenters. The van der Waals surface area contributed by atoms with Crippen LogP contribution in [-0.2, 0) is 17.1 Å². The van der Waals surface area contributed by atoms with Crippen molar-refractivity contribution >= 4 is 33.3 Å². The summed E-state index contributed by atoms with van der Waals surface area (Å²) in [5.74, 6) is 0. The second-order valence-corrected chi connectivity index (χ2v) is 8.66. The molecular weight excluding hydrogens is 346 g/mol. The predicted molar refractivity (Wildman–Crippen MR) is 98.2 cm³/mol. The number of fused-ring (bicyclic) bond motifs is 3. The summed E-state index contributed by atoms with van der Waals surface area (Å²) in [6.07, 6.45) is 3.15. The third kappa shape index (κ3) is 2.65. The Hall–Kier alpha value is -1.08. The molecule has 0 amide bonds. The van der Waals surface area contributed by atoms with Crippen LogP contribution in [0.25, 0.3) is 10.9 Å². The zero-order valence-corrected chi connectivity index (χ0v) is 15.7. The highest BCUT2D eigenvalue weighted by atomic mass is 35.5. The van der Waals surface area contributed by atoms with Gasteiger partial charge in [0.15, 0.2) is 0 Å². The Morgan fingerprint density at radius 1 is 1.12 bits per heavy atom. The van der Waals surface area contributed by atoms with Crippen LogP contribution < -0.4 is 5.32 Å². The maximum Gasteiger partial charge on any atom is 0.245 e. The van der Waals surface area contributed by atoms with E-state index in [0.29, 0.717) is 30.1 Å². The van der Waals surface area contributed by atoms with E-state index in [-0.39, 0.29) is 12.4 Å². The maximum atomic E-state index is 13.3. The molecule has 0 spiro atoms. The quantitative estimate of drug-likeness (QED) is 0.884. The van der Waals surface area contributed by atoms with Crippen LogP contribution in [0.5, 0.6) is 0 Å². The molecule has 2 aliphatic heterocycles. The van der Waals surface area contributed by atoms with Gasteiger partial charge in [0.05, 0.1) is 0 Å². The van der Waals surface area contributed by atoms with Crippen molar-refractivity contribution in [2.24, 2.45) is 7.05 Å². The summed E-state index contributed by atoms with van der Waals surface area (Å²) in [5, 5.41) is 4.38. The number of aryl methyl sites for hydroxylation is 1. The number of hydrogen-bond donors (Lipinski definition) is 1. The molecule has 132 valence electrons. The first-order chi connectivity index (χ1) is 11.0. The van der Waals surface area contributed by atoms with Crippen LogP contribution >= 0.6 is 12.4 Å². The van der Waals surface area contributed by atoms with Crippen molar-refractivity contribution in [3.8, 4) is 0 Å². The normalized spacial score (nSPS) is 24.8. The molecule has 1 aromatic heterocycles. The van der Waals surface area contributed by atoms with Crippen molar-refractivity contribution in [3.05, 3.63) is 30.0 Å². The lowest BCUT2D eigenvalue weighted by Crippen LogP contribution is -2.39. The van der Waals surface area contributed by atoms with Crippen LogP contribution in [0, 0.1) is 6.92 Å². The summed E-state index contributed by atoms with van der Waals surface area (Å²) in [7, 11) is -1.54. The summed E-state index contributed by atoms with van der Waals surface area (Å²) < 4.78 is 30.4. The van der Waals surface area contributed by atoms with Crippen molar-refractivity contribution in [1.29, 1.82) is 0 Å². The third-order valence-electron chi connectivity index (χ3n) is 5.43. The Labute approximate surface area is 149 Å². The third-order valence-corrected chi connectivity index (χ3v) is 7.47. The van der Waals surface area contributed by atoms with Gasteiger partial charge in [0, 0.05) is 48.8 Å². The standard InChI is InChI=1S/C17H23N3O2S.ClH/c1-12-17(15-5-3-4-6-16(15)19(12)2)23(21,22)20-10-9-13-7-8-14(11-20)18-13;/h3-6,13-14,18H,7-11H2,1-2H3;1H. The molecule has 2 fully saturated rings. The molecule has 0 radical (unpaired) electrons. The van der Waals surface area contributed by atoms with Crippen molar-refractivity contribution in [3.63, 3.8) is 0 Å². The molecule has 1 aromatic carbocycles. The fourth-order valence-electron chi connectivity index (χ4n) is 4.07. The molecule has 5 nitrogen and oxygen atoms in total. The fraction of sp³-hybridized carbons (Fsp3) is 0.529. The van der Waals surface area contributed by atoms with E-state index in [4.69, 9.17) is 0 Å². The smallest absolute Gasteiger partial charge is 0.245 e. The largest absolute Gasteiger partial charge is 0.347 e. The zero-order valence-electron chi connectivity index (χ0n) is 14.0. The van der Waals surface area contributed by atoms with Gasteiger partial charge in [-0.2, -0.15) is 4.31 Å². The van der Waals surface area contributed by atoms with E-state index < -0.39 is 10.0 Å². The minimum Gasteiger partial charge on any atom is -0.347 e. The zero-order chi connectivity index (χ0) is 16.2. The molecule has 2 unspecified atom stereocenters. The Kier molecular flexibility index (Phi) is 4.68. The molecular formula is C17H24ClN3O2S. The molecule has 2 aliphatic rings. The average Bonchev–Trinajstić information content (AvgIpc) is 2.97. The minimum atomic E-state index is -3.47. The summed E-state index contributed by atoms with van der Waals surface area (Å²) in [6.45, 7) is 3.09. The Bertz CT molecular complexity index is 862. The van der Waals surface area contributed by atoms with Gasteiger partial charge in [-0.3, -0.25) is 0 Å². The van der Waals surface area contributed by atoms with Gasteiger partial charge in [-0.1, -0.05) is 18.2 Å². The van der Waals surface area contributed by atoms with Crippen molar-refractivity contribution in [2.75, 3.05) is 13.1 Å². The van der Waals surface area contributed by atoms with Crippen LogP contribution in [-0.4, -0.2) is 42.5 Å². The fourth-order valence-corrected chi connectivity index (χ4v) is 6.01. The molecule has 0 saturated carbocycles. The number of rotatable bonds is 2. The maximum absolute atomic E-state index is 13.3. The van der Waals surface area contributed by atoms with E-state index >= 15 is 0 Å². The van der Waals surface area contributed by atoms with E-state index in [0.717, 1.165) is 29.4 Å². The van der Waals surface area contributed by atoms with E-state index in [1.165, 1.54) is 6.42 Å². The number of nitrogens with one attached hydrogen (secondary N) is 1. The lowest BCUT2D eigenvalue weighted by molar-refractivity contribution is 0.383. The van der Waals surface area contributed by atoms with Gasteiger partial charge in [0.2, 0.25) is 10.0 Å². The van der Waals surface area contributed by atoms with Gasteiger partial charge in [-0.15, -0.1) is 12.4 Å². The molecule has 0 aliphatic carbocycles. The molecule has 2 saturated heterocycles. The van der Waals surface area contributed by atoms with Gasteiger partial charge in [-0.25, -0.2) is 8.42 Å². The van der Waals surface area contributed by atoms with Crippen molar-refractivity contribution in [2.45, 2.75) is 43.2 Å².